The average molecular weight is 278 g/mol. The van der Waals surface area contributed by atoms with Crippen LogP contribution in [0.1, 0.15) is 6.92 Å². The fourth-order valence-corrected chi connectivity index (χ4v) is 2.13. The summed E-state index contributed by atoms with van der Waals surface area (Å²) in [4.78, 5) is 0.182. The van der Waals surface area contributed by atoms with Crippen LogP contribution in [-0.2, 0) is 9.84 Å². The van der Waals surface area contributed by atoms with Crippen LogP contribution in [0.25, 0.3) is 0 Å². The minimum atomic E-state index is -3.26. The highest BCUT2D eigenvalue weighted by Gasteiger charge is 2.26. The molecule has 0 unspecified atom stereocenters. The highest BCUT2D eigenvalue weighted by atomic mass is 32.2. The number of halogens is 2. The van der Waals surface area contributed by atoms with Crippen LogP contribution in [0.3, 0.4) is 0 Å². The van der Waals surface area contributed by atoms with Gasteiger partial charge in [-0.1, -0.05) is 6.92 Å². The van der Waals surface area contributed by atoms with Crippen LogP contribution in [0.15, 0.2) is 29.2 Å². The van der Waals surface area contributed by atoms with E-state index < -0.39 is 28.8 Å². The van der Waals surface area contributed by atoms with Crippen LogP contribution in [0.5, 0.6) is 0 Å². The van der Waals surface area contributed by atoms with Gasteiger partial charge in [-0.2, -0.15) is 0 Å². The average Bonchev–Trinajstić information content (AvgIpc) is 2.37. The van der Waals surface area contributed by atoms with Crippen molar-refractivity contribution in [2.75, 3.05) is 24.2 Å². The van der Waals surface area contributed by atoms with Crippen molar-refractivity contribution in [3.8, 4) is 0 Å². The molecular formula is C11H16F2N2O2S. The number of sulfone groups is 1. The maximum Gasteiger partial charge on any atom is 0.276 e. The second-order valence-electron chi connectivity index (χ2n) is 3.84. The van der Waals surface area contributed by atoms with Crippen LogP contribution in [-0.4, -0.2) is 33.2 Å². The molecule has 0 atom stereocenters. The minimum Gasteiger partial charge on any atom is -0.379 e. The van der Waals surface area contributed by atoms with Crippen molar-refractivity contribution in [3.63, 3.8) is 0 Å². The molecule has 0 aliphatic rings. The fraction of sp³-hybridized carbons (Fsp3) is 0.455. The summed E-state index contributed by atoms with van der Waals surface area (Å²) < 4.78 is 48.8. The van der Waals surface area contributed by atoms with Gasteiger partial charge in [-0.25, -0.2) is 17.2 Å². The van der Waals surface area contributed by atoms with Gasteiger partial charge in [-0.05, 0) is 24.3 Å². The monoisotopic (exact) mass is 278 g/mol. The Morgan fingerprint density at radius 2 is 1.83 bits per heavy atom. The molecular weight excluding hydrogens is 262 g/mol. The minimum absolute atomic E-state index is 0.00498. The second-order valence-corrected chi connectivity index (χ2v) is 6.12. The number of rotatable bonds is 6. The van der Waals surface area contributed by atoms with Crippen molar-refractivity contribution in [2.24, 2.45) is 5.73 Å². The Balaban J connectivity index is 2.73. The van der Waals surface area contributed by atoms with E-state index in [1.54, 1.807) is 6.92 Å². The number of alkyl halides is 2. The molecule has 1 aromatic rings. The normalized spacial score (nSPS) is 12.4. The zero-order valence-electron chi connectivity index (χ0n) is 9.99. The van der Waals surface area contributed by atoms with Crippen molar-refractivity contribution in [3.05, 3.63) is 24.3 Å². The van der Waals surface area contributed by atoms with Crippen molar-refractivity contribution < 1.29 is 17.2 Å². The van der Waals surface area contributed by atoms with Crippen molar-refractivity contribution in [2.45, 2.75) is 17.7 Å². The van der Waals surface area contributed by atoms with E-state index in [9.17, 15) is 17.2 Å². The molecule has 0 bridgehead atoms. The molecule has 0 aliphatic carbocycles. The zero-order chi connectivity index (χ0) is 13.8. The van der Waals surface area contributed by atoms with Gasteiger partial charge < -0.3 is 11.1 Å². The smallest absolute Gasteiger partial charge is 0.276 e. The van der Waals surface area contributed by atoms with Gasteiger partial charge in [0.1, 0.15) is 0 Å². The standard InChI is InChI=1S/C11H16F2N2O2S/c1-2-18(16,17)10-5-3-9(4-6-10)15-8-11(12,13)7-14/h3-6,15H,2,7-8,14H2,1H3. The van der Waals surface area contributed by atoms with Gasteiger partial charge in [-0.15, -0.1) is 0 Å². The second kappa shape index (κ2) is 5.62. The summed E-state index contributed by atoms with van der Waals surface area (Å²) in [5.74, 6) is -2.97. The lowest BCUT2D eigenvalue weighted by atomic mass is 10.3. The summed E-state index contributed by atoms with van der Waals surface area (Å²) in [6.07, 6.45) is 0. The molecule has 7 heteroatoms. The quantitative estimate of drug-likeness (QED) is 0.827. The predicted octanol–water partition coefficient (Wildman–Crippen LogP) is 1.49. The third-order valence-electron chi connectivity index (χ3n) is 2.44. The Bertz CT molecular complexity index is 486. The molecule has 3 N–H and O–H groups in total. The van der Waals surface area contributed by atoms with Gasteiger partial charge in [-0.3, -0.25) is 0 Å². The lowest BCUT2D eigenvalue weighted by molar-refractivity contribution is 0.0254. The van der Waals surface area contributed by atoms with E-state index in [4.69, 9.17) is 5.73 Å². The number of nitrogens with two attached hydrogens (primary N) is 1. The number of anilines is 1. The molecule has 1 rings (SSSR count). The first kappa shape index (κ1) is 14.8. The first-order chi connectivity index (χ1) is 8.30. The van der Waals surface area contributed by atoms with Gasteiger partial charge in [0.05, 0.1) is 23.7 Å². The number of hydrogen-bond acceptors (Lipinski definition) is 4. The Morgan fingerprint density at radius 3 is 2.28 bits per heavy atom. The Morgan fingerprint density at radius 1 is 1.28 bits per heavy atom. The summed E-state index contributed by atoms with van der Waals surface area (Å²) in [6, 6.07) is 5.69. The topological polar surface area (TPSA) is 72.2 Å². The van der Waals surface area contributed by atoms with E-state index in [0.717, 1.165) is 0 Å². The largest absolute Gasteiger partial charge is 0.379 e. The third-order valence-corrected chi connectivity index (χ3v) is 4.19. The molecule has 0 amide bonds. The predicted molar refractivity (Wildman–Crippen MR) is 66.7 cm³/mol. The lowest BCUT2D eigenvalue weighted by Crippen LogP contribution is -2.35. The summed E-state index contributed by atoms with van der Waals surface area (Å²) in [6.45, 7) is 0.231. The van der Waals surface area contributed by atoms with Gasteiger partial charge in [0.25, 0.3) is 5.92 Å². The van der Waals surface area contributed by atoms with Crippen LogP contribution in [0, 0.1) is 0 Å². The van der Waals surface area contributed by atoms with Gasteiger partial charge in [0.2, 0.25) is 0 Å². The number of benzene rings is 1. The summed E-state index contributed by atoms with van der Waals surface area (Å²) >= 11 is 0. The summed E-state index contributed by atoms with van der Waals surface area (Å²) in [7, 11) is -3.26. The van der Waals surface area contributed by atoms with Gasteiger partial charge in [0, 0.05) is 5.69 Å². The molecule has 1 aromatic carbocycles. The number of hydrogen-bond donors (Lipinski definition) is 2. The molecule has 0 aliphatic heterocycles. The Labute approximate surface area is 105 Å². The third kappa shape index (κ3) is 3.92. The number of nitrogens with one attached hydrogen (secondary N) is 1. The van der Waals surface area contributed by atoms with Crippen LogP contribution in [0.2, 0.25) is 0 Å². The van der Waals surface area contributed by atoms with E-state index in [-0.39, 0.29) is 10.6 Å². The van der Waals surface area contributed by atoms with E-state index in [1.807, 2.05) is 0 Å². The van der Waals surface area contributed by atoms with Crippen molar-refractivity contribution in [1.29, 1.82) is 0 Å². The lowest BCUT2D eigenvalue weighted by Gasteiger charge is -2.15. The molecule has 18 heavy (non-hydrogen) atoms. The molecule has 0 spiro atoms. The SMILES string of the molecule is CCS(=O)(=O)c1ccc(NCC(F)(F)CN)cc1. The Kier molecular flexibility index (Phi) is 4.64. The fourth-order valence-electron chi connectivity index (χ4n) is 1.25. The maximum atomic E-state index is 12.9. The highest BCUT2D eigenvalue weighted by Crippen LogP contribution is 2.17. The molecule has 0 saturated carbocycles. The van der Waals surface area contributed by atoms with E-state index in [0.29, 0.717) is 5.69 Å². The molecule has 0 aromatic heterocycles. The van der Waals surface area contributed by atoms with Gasteiger partial charge >= 0.3 is 0 Å². The molecule has 0 radical (unpaired) electrons. The summed E-state index contributed by atoms with van der Waals surface area (Å²) in [5.41, 5.74) is 5.33. The van der Waals surface area contributed by atoms with E-state index >= 15 is 0 Å². The van der Waals surface area contributed by atoms with Crippen molar-refractivity contribution in [1.82, 2.24) is 0 Å². The summed E-state index contributed by atoms with van der Waals surface area (Å²) in [5, 5.41) is 2.51. The maximum absolute atomic E-state index is 12.9. The molecule has 102 valence electrons. The van der Waals surface area contributed by atoms with Crippen LogP contribution < -0.4 is 11.1 Å². The van der Waals surface area contributed by atoms with Crippen molar-refractivity contribution >= 4 is 15.5 Å². The van der Waals surface area contributed by atoms with E-state index in [1.165, 1.54) is 24.3 Å². The molecule has 0 fully saturated rings. The van der Waals surface area contributed by atoms with Crippen LogP contribution in [0.4, 0.5) is 14.5 Å². The highest BCUT2D eigenvalue weighted by molar-refractivity contribution is 7.91. The zero-order valence-corrected chi connectivity index (χ0v) is 10.8. The van der Waals surface area contributed by atoms with Gasteiger partial charge in [0.15, 0.2) is 9.84 Å². The first-order valence-corrected chi connectivity index (χ1v) is 7.10. The van der Waals surface area contributed by atoms with E-state index in [2.05, 4.69) is 5.32 Å². The Hall–Kier alpha value is -1.21. The molecule has 4 nitrogen and oxygen atoms in total. The van der Waals surface area contributed by atoms with Crippen LogP contribution >= 0.6 is 0 Å². The first-order valence-electron chi connectivity index (χ1n) is 5.45. The molecule has 0 heterocycles. The molecule has 0 saturated heterocycles.